The lowest BCUT2D eigenvalue weighted by atomic mass is 10.1. The number of amides is 1. The average molecular weight is 383 g/mol. The third kappa shape index (κ3) is 4.43. The number of benzene rings is 2. The van der Waals surface area contributed by atoms with Gasteiger partial charge < -0.3 is 24.8 Å². The first-order chi connectivity index (χ1) is 12.1. The zero-order valence-electron chi connectivity index (χ0n) is 14.2. The summed E-state index contributed by atoms with van der Waals surface area (Å²) < 4.78 is 28.9. The number of halogens is 2. The Morgan fingerprint density at radius 3 is 2.62 bits per heavy atom. The minimum Gasteiger partial charge on any atom is -0.454 e. The van der Waals surface area contributed by atoms with Crippen LogP contribution >= 0.6 is 12.4 Å². The topological polar surface area (TPSA) is 74.0 Å². The molecule has 26 heavy (non-hydrogen) atoms. The lowest BCUT2D eigenvalue weighted by Gasteiger charge is -2.26. The highest BCUT2D eigenvalue weighted by atomic mass is 35.5. The fourth-order valence-electron chi connectivity index (χ4n) is 2.59. The van der Waals surface area contributed by atoms with Gasteiger partial charge in [-0.05, 0) is 42.0 Å². The number of fused-ring (bicyclic) bond motifs is 1. The summed E-state index contributed by atoms with van der Waals surface area (Å²) in [5, 5.41) is 0. The number of nitrogens with two attached hydrogens (primary N) is 1. The molecule has 0 radical (unpaired) electrons. The summed E-state index contributed by atoms with van der Waals surface area (Å²) in [4.78, 5) is 14.2. The monoisotopic (exact) mass is 382 g/mol. The van der Waals surface area contributed by atoms with Gasteiger partial charge in [0, 0.05) is 12.8 Å². The number of carbonyl (C=O) groups excluding carboxylic acids is 1. The molecule has 0 fully saturated rings. The molecule has 1 amide bonds. The van der Waals surface area contributed by atoms with Gasteiger partial charge in [0.15, 0.2) is 11.5 Å². The summed E-state index contributed by atoms with van der Waals surface area (Å²) in [6.45, 7) is 0.536. The van der Waals surface area contributed by atoms with E-state index in [0.29, 0.717) is 17.2 Å². The van der Waals surface area contributed by atoms with Crippen molar-refractivity contribution in [2.45, 2.75) is 12.6 Å². The molecule has 0 aliphatic carbocycles. The van der Waals surface area contributed by atoms with Gasteiger partial charge in [0.05, 0.1) is 13.2 Å². The molecule has 2 aromatic rings. The Morgan fingerprint density at radius 1 is 1.23 bits per heavy atom. The minimum absolute atomic E-state index is 0. The van der Waals surface area contributed by atoms with Crippen LogP contribution in [0.4, 0.5) is 10.1 Å². The van der Waals surface area contributed by atoms with Crippen molar-refractivity contribution in [3.8, 4) is 11.5 Å². The van der Waals surface area contributed by atoms with E-state index in [-0.39, 0.29) is 44.1 Å². The maximum Gasteiger partial charge on any atom is 0.246 e. The highest BCUT2D eigenvalue weighted by molar-refractivity contribution is 5.97. The number of rotatable bonds is 6. The second-order valence-electron chi connectivity index (χ2n) is 5.65. The van der Waals surface area contributed by atoms with Crippen molar-refractivity contribution in [2.75, 3.05) is 25.4 Å². The first-order valence-electron chi connectivity index (χ1n) is 7.78. The zero-order valence-corrected chi connectivity index (χ0v) is 15.0. The van der Waals surface area contributed by atoms with Crippen LogP contribution in [0.15, 0.2) is 42.5 Å². The van der Waals surface area contributed by atoms with E-state index in [1.165, 1.54) is 24.1 Å². The molecule has 1 unspecified atom stereocenters. The third-order valence-electron chi connectivity index (χ3n) is 3.85. The molecule has 0 saturated heterocycles. The summed E-state index contributed by atoms with van der Waals surface area (Å²) in [5.41, 5.74) is 7.30. The Balaban J connectivity index is 0.00000243. The number of anilines is 1. The smallest absolute Gasteiger partial charge is 0.246 e. The van der Waals surface area contributed by atoms with Crippen LogP contribution in [0.1, 0.15) is 5.56 Å². The van der Waals surface area contributed by atoms with Gasteiger partial charge in [-0.2, -0.15) is 0 Å². The minimum atomic E-state index is -0.816. The molecular formula is C18H20ClFN2O4. The fourth-order valence-corrected chi connectivity index (χ4v) is 2.59. The Hall–Kier alpha value is -2.35. The van der Waals surface area contributed by atoms with E-state index in [0.717, 1.165) is 5.56 Å². The summed E-state index contributed by atoms with van der Waals surface area (Å²) in [6.07, 6.45) is 0. The van der Waals surface area contributed by atoms with Gasteiger partial charge in [-0.15, -0.1) is 12.4 Å². The Labute approximate surface area is 157 Å². The molecule has 0 aromatic heterocycles. The molecule has 140 valence electrons. The number of methoxy groups -OCH3 is 1. The molecule has 1 atom stereocenters. The number of nitrogens with zero attached hydrogens (tertiary/aromatic N) is 1. The summed E-state index contributed by atoms with van der Waals surface area (Å²) >= 11 is 0. The highest BCUT2D eigenvalue weighted by Crippen LogP contribution is 2.33. The molecule has 2 aromatic carbocycles. The molecule has 2 N–H and O–H groups in total. The molecule has 3 rings (SSSR count). The number of hydrogen-bond acceptors (Lipinski definition) is 5. The van der Waals surface area contributed by atoms with Crippen molar-refractivity contribution < 1.29 is 23.4 Å². The van der Waals surface area contributed by atoms with E-state index >= 15 is 0 Å². The molecule has 1 aliphatic heterocycles. The second-order valence-corrected chi connectivity index (χ2v) is 5.65. The summed E-state index contributed by atoms with van der Waals surface area (Å²) in [6, 6.07) is 10.3. The maximum absolute atomic E-state index is 13.2. The van der Waals surface area contributed by atoms with Gasteiger partial charge in [-0.3, -0.25) is 4.79 Å². The van der Waals surface area contributed by atoms with E-state index in [4.69, 9.17) is 19.9 Å². The summed E-state index contributed by atoms with van der Waals surface area (Å²) in [7, 11) is 1.48. The predicted octanol–water partition coefficient (Wildman–Crippen LogP) is 2.48. The molecule has 0 spiro atoms. The second kappa shape index (κ2) is 8.84. The molecule has 8 heteroatoms. The Bertz CT molecular complexity index is 757. The molecule has 0 bridgehead atoms. The number of hydrogen-bond donors (Lipinski definition) is 1. The van der Waals surface area contributed by atoms with Crippen LogP contribution in [-0.2, 0) is 16.1 Å². The van der Waals surface area contributed by atoms with E-state index in [1.54, 1.807) is 18.2 Å². The maximum atomic E-state index is 13.2. The van der Waals surface area contributed by atoms with Crippen LogP contribution in [0, 0.1) is 5.82 Å². The standard InChI is InChI=1S/C18H19FN2O4.ClH/c1-23-10-15(20)18(22)21(14-5-3-13(19)4-6-14)9-12-2-7-16-17(8-12)25-11-24-16;/h2-8,15H,9-11,20H2,1H3;1H. The Morgan fingerprint density at radius 2 is 1.92 bits per heavy atom. The van der Waals surface area contributed by atoms with Crippen molar-refractivity contribution in [1.82, 2.24) is 0 Å². The van der Waals surface area contributed by atoms with Crippen molar-refractivity contribution in [3.63, 3.8) is 0 Å². The van der Waals surface area contributed by atoms with Gasteiger partial charge >= 0.3 is 0 Å². The molecule has 1 aliphatic rings. The van der Waals surface area contributed by atoms with Gasteiger partial charge in [-0.1, -0.05) is 6.07 Å². The van der Waals surface area contributed by atoms with Crippen molar-refractivity contribution >= 4 is 24.0 Å². The van der Waals surface area contributed by atoms with Gasteiger partial charge in [0.1, 0.15) is 11.9 Å². The molecule has 0 saturated carbocycles. The lowest BCUT2D eigenvalue weighted by molar-refractivity contribution is -0.121. The van der Waals surface area contributed by atoms with Crippen LogP contribution in [0.5, 0.6) is 11.5 Å². The highest BCUT2D eigenvalue weighted by Gasteiger charge is 2.24. The molecular weight excluding hydrogens is 363 g/mol. The van der Waals surface area contributed by atoms with Crippen molar-refractivity contribution in [3.05, 3.63) is 53.8 Å². The van der Waals surface area contributed by atoms with Gasteiger partial charge in [0.2, 0.25) is 12.7 Å². The number of carbonyl (C=O) groups is 1. The van der Waals surface area contributed by atoms with Crippen LogP contribution in [0.3, 0.4) is 0 Å². The SMILES string of the molecule is COCC(N)C(=O)N(Cc1ccc2c(c1)OCO2)c1ccc(F)cc1.Cl. The Kier molecular flexibility index (Phi) is 6.79. The normalized spacial score (nSPS) is 13.0. The predicted molar refractivity (Wildman–Crippen MR) is 97.3 cm³/mol. The third-order valence-corrected chi connectivity index (χ3v) is 3.85. The van der Waals surface area contributed by atoms with Gasteiger partial charge in [-0.25, -0.2) is 4.39 Å². The first kappa shape index (κ1) is 20.0. The van der Waals surface area contributed by atoms with Crippen molar-refractivity contribution in [1.29, 1.82) is 0 Å². The van der Waals surface area contributed by atoms with Crippen LogP contribution in [0.25, 0.3) is 0 Å². The van der Waals surface area contributed by atoms with Crippen LogP contribution in [-0.4, -0.2) is 32.5 Å². The van der Waals surface area contributed by atoms with E-state index < -0.39 is 6.04 Å². The lowest BCUT2D eigenvalue weighted by Crippen LogP contribution is -2.46. The van der Waals surface area contributed by atoms with E-state index in [2.05, 4.69) is 0 Å². The van der Waals surface area contributed by atoms with Crippen LogP contribution in [0.2, 0.25) is 0 Å². The fraction of sp³-hybridized carbons (Fsp3) is 0.278. The van der Waals surface area contributed by atoms with E-state index in [9.17, 15) is 9.18 Å². The number of ether oxygens (including phenoxy) is 3. The molecule has 6 nitrogen and oxygen atoms in total. The van der Waals surface area contributed by atoms with Crippen LogP contribution < -0.4 is 20.1 Å². The molecule has 1 heterocycles. The summed E-state index contributed by atoms with van der Waals surface area (Å²) in [5.74, 6) is 0.608. The zero-order chi connectivity index (χ0) is 17.8. The quantitative estimate of drug-likeness (QED) is 0.830. The average Bonchev–Trinajstić information content (AvgIpc) is 3.08. The van der Waals surface area contributed by atoms with Crippen molar-refractivity contribution in [2.24, 2.45) is 5.73 Å². The van der Waals surface area contributed by atoms with Gasteiger partial charge in [0.25, 0.3) is 0 Å². The first-order valence-corrected chi connectivity index (χ1v) is 7.78. The largest absolute Gasteiger partial charge is 0.454 e. The van der Waals surface area contributed by atoms with E-state index in [1.807, 2.05) is 12.1 Å².